The van der Waals surface area contributed by atoms with E-state index in [4.69, 9.17) is 0 Å². The van der Waals surface area contributed by atoms with Crippen LogP contribution < -0.4 is 10.7 Å². The summed E-state index contributed by atoms with van der Waals surface area (Å²) in [5, 5.41) is 7.34. The van der Waals surface area contributed by atoms with Gasteiger partial charge < -0.3 is 5.32 Å². The summed E-state index contributed by atoms with van der Waals surface area (Å²) in [5.41, 5.74) is 7.31. The zero-order valence-electron chi connectivity index (χ0n) is 22.1. The molecule has 5 heteroatoms. The van der Waals surface area contributed by atoms with Gasteiger partial charge in [-0.3, -0.25) is 9.59 Å². The predicted molar refractivity (Wildman–Crippen MR) is 145 cm³/mol. The van der Waals surface area contributed by atoms with Crippen molar-refractivity contribution in [3.8, 4) is 0 Å². The normalized spacial score (nSPS) is 27.1. The molecule has 36 heavy (non-hydrogen) atoms. The first-order chi connectivity index (χ1) is 17.1. The largest absolute Gasteiger partial charge is 0.322 e. The van der Waals surface area contributed by atoms with Gasteiger partial charge in [0.2, 0.25) is 5.91 Å². The Bertz CT molecular complexity index is 1120. The van der Waals surface area contributed by atoms with Crippen LogP contribution in [0.4, 0.5) is 5.69 Å². The first kappa shape index (κ1) is 24.7. The third kappa shape index (κ3) is 5.40. The smallest absolute Gasteiger partial charge is 0.255 e. The lowest BCUT2D eigenvalue weighted by molar-refractivity contribution is -0.129. The molecule has 4 aliphatic carbocycles. The number of hydrogen-bond donors (Lipinski definition) is 2. The lowest BCUT2D eigenvalue weighted by atomic mass is 9.49. The highest BCUT2D eigenvalue weighted by Crippen LogP contribution is 2.61. The SMILES string of the molecule is CC(=NNC(=O)CC12CC3CC(CC(C3)C1)C2)c1ccc(NC(=O)c2ccc(C(C)(C)C)cc2)cc1. The van der Waals surface area contributed by atoms with Gasteiger partial charge in [0.25, 0.3) is 5.91 Å². The van der Waals surface area contributed by atoms with Gasteiger partial charge in [-0.25, -0.2) is 5.43 Å². The van der Waals surface area contributed by atoms with E-state index in [1.165, 1.54) is 44.1 Å². The average molecular weight is 486 g/mol. The molecule has 4 saturated carbocycles. The van der Waals surface area contributed by atoms with Crippen molar-refractivity contribution in [3.63, 3.8) is 0 Å². The van der Waals surface area contributed by atoms with Gasteiger partial charge in [0.15, 0.2) is 0 Å². The molecule has 0 radical (unpaired) electrons. The minimum Gasteiger partial charge on any atom is -0.322 e. The van der Waals surface area contributed by atoms with Gasteiger partial charge in [-0.15, -0.1) is 0 Å². The monoisotopic (exact) mass is 485 g/mol. The topological polar surface area (TPSA) is 70.6 Å². The van der Waals surface area contributed by atoms with Gasteiger partial charge in [0.05, 0.1) is 5.71 Å². The van der Waals surface area contributed by atoms with E-state index in [0.717, 1.165) is 34.7 Å². The van der Waals surface area contributed by atoms with Crippen LogP contribution >= 0.6 is 0 Å². The quantitative estimate of drug-likeness (QED) is 0.354. The molecule has 0 saturated heterocycles. The van der Waals surface area contributed by atoms with Crippen molar-refractivity contribution in [2.45, 2.75) is 78.1 Å². The molecule has 2 aromatic carbocycles. The lowest BCUT2D eigenvalue weighted by Gasteiger charge is -2.56. The van der Waals surface area contributed by atoms with E-state index < -0.39 is 0 Å². The molecule has 0 aliphatic heterocycles. The zero-order valence-corrected chi connectivity index (χ0v) is 22.1. The van der Waals surface area contributed by atoms with Crippen LogP contribution in [0.2, 0.25) is 0 Å². The summed E-state index contributed by atoms with van der Waals surface area (Å²) in [4.78, 5) is 25.4. The molecule has 6 rings (SSSR count). The Labute approximate surface area is 215 Å². The molecular weight excluding hydrogens is 446 g/mol. The van der Waals surface area contributed by atoms with E-state index in [1.807, 2.05) is 55.5 Å². The number of benzene rings is 2. The summed E-state index contributed by atoms with van der Waals surface area (Å²) < 4.78 is 0. The van der Waals surface area contributed by atoms with Crippen molar-refractivity contribution in [2.24, 2.45) is 28.3 Å². The van der Waals surface area contributed by atoms with Gasteiger partial charge in [-0.1, -0.05) is 45.0 Å². The summed E-state index contributed by atoms with van der Waals surface area (Å²) in [6.07, 6.45) is 8.44. The van der Waals surface area contributed by atoms with E-state index in [-0.39, 0.29) is 22.6 Å². The first-order valence-electron chi connectivity index (χ1n) is 13.4. The van der Waals surface area contributed by atoms with Crippen LogP contribution in [0.5, 0.6) is 0 Å². The van der Waals surface area contributed by atoms with Gasteiger partial charge in [-0.2, -0.15) is 5.10 Å². The van der Waals surface area contributed by atoms with Crippen LogP contribution in [0.1, 0.15) is 94.1 Å². The van der Waals surface area contributed by atoms with Crippen LogP contribution in [0.25, 0.3) is 0 Å². The van der Waals surface area contributed by atoms with E-state index in [2.05, 4.69) is 36.6 Å². The number of nitrogens with zero attached hydrogens (tertiary/aromatic N) is 1. The number of carbonyl (C=O) groups is 2. The maximum atomic E-state index is 12.8. The number of hydrazone groups is 1. The van der Waals surface area contributed by atoms with Crippen LogP contribution in [-0.2, 0) is 10.2 Å². The Morgan fingerprint density at radius 3 is 1.92 bits per heavy atom. The molecule has 4 fully saturated rings. The zero-order chi connectivity index (χ0) is 25.5. The summed E-state index contributed by atoms with van der Waals surface area (Å²) in [7, 11) is 0. The van der Waals surface area contributed by atoms with E-state index in [9.17, 15) is 9.59 Å². The van der Waals surface area contributed by atoms with Gasteiger partial charge in [-0.05, 0) is 109 Å². The Hall–Kier alpha value is -2.95. The molecule has 0 aromatic heterocycles. The molecule has 190 valence electrons. The standard InChI is InChI=1S/C31H39N3O2/c1-20(33-34-28(35)19-31-16-21-13-22(17-31)15-23(14-21)18-31)24-7-11-27(12-8-24)32-29(36)25-5-9-26(10-6-25)30(2,3)4/h5-12,21-23H,13-19H2,1-4H3,(H,32,36)(H,34,35). The third-order valence-electron chi connectivity index (χ3n) is 8.62. The number of nitrogens with one attached hydrogen (secondary N) is 2. The fourth-order valence-electron chi connectivity index (χ4n) is 7.22. The summed E-state index contributed by atoms with van der Waals surface area (Å²) in [6, 6.07) is 15.3. The molecule has 0 spiro atoms. The maximum Gasteiger partial charge on any atom is 0.255 e. The lowest BCUT2D eigenvalue weighted by Crippen LogP contribution is -2.47. The Morgan fingerprint density at radius 2 is 1.39 bits per heavy atom. The van der Waals surface area contributed by atoms with Crippen LogP contribution in [0.15, 0.2) is 53.6 Å². The number of carbonyl (C=O) groups excluding carboxylic acids is 2. The maximum absolute atomic E-state index is 12.8. The number of anilines is 1. The summed E-state index contributed by atoms with van der Waals surface area (Å²) in [5.74, 6) is 2.44. The predicted octanol–water partition coefficient (Wildman–Crippen LogP) is 6.68. The van der Waals surface area contributed by atoms with Crippen LogP contribution in [0.3, 0.4) is 0 Å². The second-order valence-electron chi connectivity index (χ2n) is 12.7. The summed E-state index contributed by atoms with van der Waals surface area (Å²) >= 11 is 0. The highest BCUT2D eigenvalue weighted by atomic mass is 16.2. The number of amides is 2. The highest BCUT2D eigenvalue weighted by Gasteiger charge is 2.51. The molecule has 5 nitrogen and oxygen atoms in total. The van der Waals surface area contributed by atoms with Crippen LogP contribution in [-0.4, -0.2) is 17.5 Å². The van der Waals surface area contributed by atoms with Crippen LogP contribution in [0, 0.1) is 23.2 Å². The molecule has 4 bridgehead atoms. The molecule has 2 N–H and O–H groups in total. The van der Waals surface area contributed by atoms with E-state index in [1.54, 1.807) is 0 Å². The van der Waals surface area contributed by atoms with Gasteiger partial charge in [0.1, 0.15) is 0 Å². The van der Waals surface area contributed by atoms with E-state index >= 15 is 0 Å². The van der Waals surface area contributed by atoms with Crippen molar-refractivity contribution >= 4 is 23.2 Å². The average Bonchev–Trinajstić information content (AvgIpc) is 2.81. The Balaban J connectivity index is 1.15. The molecule has 2 amide bonds. The van der Waals surface area contributed by atoms with Gasteiger partial charge >= 0.3 is 0 Å². The van der Waals surface area contributed by atoms with Crippen molar-refractivity contribution in [1.82, 2.24) is 5.43 Å². The number of rotatable bonds is 6. The number of hydrogen-bond acceptors (Lipinski definition) is 3. The van der Waals surface area contributed by atoms with Crippen molar-refractivity contribution in [2.75, 3.05) is 5.32 Å². The third-order valence-corrected chi connectivity index (χ3v) is 8.62. The highest BCUT2D eigenvalue weighted by molar-refractivity contribution is 6.05. The van der Waals surface area contributed by atoms with Crippen molar-refractivity contribution in [1.29, 1.82) is 0 Å². The summed E-state index contributed by atoms with van der Waals surface area (Å²) in [6.45, 7) is 8.37. The molecule has 0 atom stereocenters. The molecule has 4 aliphatic rings. The Morgan fingerprint density at radius 1 is 0.861 bits per heavy atom. The van der Waals surface area contributed by atoms with E-state index in [0.29, 0.717) is 12.0 Å². The first-order valence-corrected chi connectivity index (χ1v) is 13.4. The fraction of sp³-hybridized carbons (Fsp3) is 0.516. The second-order valence-corrected chi connectivity index (χ2v) is 12.7. The van der Waals surface area contributed by atoms with Crippen molar-refractivity contribution < 1.29 is 9.59 Å². The van der Waals surface area contributed by atoms with Gasteiger partial charge in [0, 0.05) is 17.7 Å². The minimum absolute atomic E-state index is 0.0395. The fourth-order valence-corrected chi connectivity index (χ4v) is 7.22. The molecule has 2 aromatic rings. The molecule has 0 heterocycles. The molecule has 0 unspecified atom stereocenters. The van der Waals surface area contributed by atoms with Crippen molar-refractivity contribution in [3.05, 3.63) is 65.2 Å². The Kier molecular flexibility index (Phi) is 6.52. The minimum atomic E-state index is -0.134. The molecular formula is C31H39N3O2. The second kappa shape index (κ2) is 9.49.